The highest BCUT2D eigenvalue weighted by Gasteiger charge is 2.40. The SMILES string of the molecule is CC(C)(O)C(=O)N1CSC[C@H]1C(=O)N[C@H](CCC1CCCCC1)C(=S)NCc1ccc(Oc2ccccc2)cc1. The molecule has 2 aromatic carbocycles. The van der Waals surface area contributed by atoms with Crippen LogP contribution < -0.4 is 15.4 Å². The molecule has 2 atom stereocenters. The standard InChI is InChI=1S/C31H41N3O4S2/c1-31(2,37)30(36)34-21-40-20-27(34)28(35)33-26(18-15-22-9-5-3-6-10-22)29(39)32-19-23-13-16-25(17-14-23)38-24-11-7-4-8-12-24/h4,7-8,11-14,16-17,22,26-27,37H,3,5-6,9-10,15,18-21H2,1-2H3,(H,32,39)(H,33,35)/t26-,27+/m1/s1. The molecule has 2 fully saturated rings. The molecule has 1 aliphatic heterocycles. The normalized spacial score (nSPS) is 18.7. The second-order valence-electron chi connectivity index (χ2n) is 11.3. The zero-order valence-corrected chi connectivity index (χ0v) is 25.1. The first-order valence-corrected chi connectivity index (χ1v) is 15.8. The summed E-state index contributed by atoms with van der Waals surface area (Å²) in [7, 11) is 0. The molecule has 9 heteroatoms. The van der Waals surface area contributed by atoms with Gasteiger partial charge in [-0.15, -0.1) is 11.8 Å². The van der Waals surface area contributed by atoms with Crippen LogP contribution in [0.1, 0.15) is 64.4 Å². The van der Waals surface area contributed by atoms with E-state index < -0.39 is 17.6 Å². The van der Waals surface area contributed by atoms with Gasteiger partial charge < -0.3 is 25.4 Å². The molecule has 0 spiro atoms. The van der Waals surface area contributed by atoms with Gasteiger partial charge in [-0.25, -0.2) is 0 Å². The molecule has 2 aromatic rings. The van der Waals surface area contributed by atoms with E-state index >= 15 is 0 Å². The number of benzene rings is 2. The van der Waals surface area contributed by atoms with Crippen molar-refractivity contribution in [3.8, 4) is 11.5 Å². The predicted octanol–water partition coefficient (Wildman–Crippen LogP) is 5.41. The number of rotatable bonds is 11. The molecule has 3 N–H and O–H groups in total. The van der Waals surface area contributed by atoms with Gasteiger partial charge in [-0.05, 0) is 62.4 Å². The number of nitrogens with zero attached hydrogens (tertiary/aromatic N) is 1. The molecular weight excluding hydrogens is 542 g/mol. The lowest BCUT2D eigenvalue weighted by Gasteiger charge is -2.30. The van der Waals surface area contributed by atoms with Gasteiger partial charge in [-0.3, -0.25) is 9.59 Å². The summed E-state index contributed by atoms with van der Waals surface area (Å²) < 4.78 is 5.89. The average Bonchev–Trinajstić information content (AvgIpc) is 3.45. The Morgan fingerprint density at radius 2 is 1.75 bits per heavy atom. The molecule has 1 saturated heterocycles. The molecule has 0 bridgehead atoms. The fraction of sp³-hybridized carbons (Fsp3) is 0.516. The molecule has 4 rings (SSSR count). The summed E-state index contributed by atoms with van der Waals surface area (Å²) in [5.41, 5.74) is -0.475. The van der Waals surface area contributed by atoms with Crippen molar-refractivity contribution >= 4 is 40.8 Å². The van der Waals surface area contributed by atoms with E-state index in [1.807, 2.05) is 54.6 Å². The molecule has 0 radical (unpaired) electrons. The first-order chi connectivity index (χ1) is 19.2. The summed E-state index contributed by atoms with van der Waals surface area (Å²) in [5.74, 6) is 2.44. The third kappa shape index (κ3) is 8.69. The number of para-hydroxylation sites is 1. The van der Waals surface area contributed by atoms with E-state index in [-0.39, 0.29) is 11.9 Å². The Morgan fingerprint density at radius 3 is 2.42 bits per heavy atom. The number of ether oxygens (including phenoxy) is 1. The van der Waals surface area contributed by atoms with Crippen molar-refractivity contribution in [3.63, 3.8) is 0 Å². The van der Waals surface area contributed by atoms with Crippen molar-refractivity contribution in [3.05, 3.63) is 60.2 Å². The van der Waals surface area contributed by atoms with Crippen LogP contribution in [0.3, 0.4) is 0 Å². The minimum absolute atomic E-state index is 0.220. The monoisotopic (exact) mass is 583 g/mol. The number of thioether (sulfide) groups is 1. The maximum Gasteiger partial charge on any atom is 0.255 e. The number of aliphatic hydroxyl groups is 1. The van der Waals surface area contributed by atoms with E-state index in [4.69, 9.17) is 17.0 Å². The van der Waals surface area contributed by atoms with Crippen molar-refractivity contribution in [2.24, 2.45) is 5.92 Å². The Labute approximate surface area is 247 Å². The Balaban J connectivity index is 1.37. The lowest BCUT2D eigenvalue weighted by atomic mass is 9.85. The third-order valence-electron chi connectivity index (χ3n) is 7.56. The number of amides is 2. The summed E-state index contributed by atoms with van der Waals surface area (Å²) in [6, 6.07) is 16.6. The van der Waals surface area contributed by atoms with Crippen molar-refractivity contribution < 1.29 is 19.4 Å². The quantitative estimate of drug-likeness (QED) is 0.305. The second kappa shape index (κ2) is 14.3. The van der Waals surface area contributed by atoms with E-state index in [0.717, 1.165) is 29.9 Å². The van der Waals surface area contributed by atoms with Crippen LogP contribution in [-0.2, 0) is 16.1 Å². The largest absolute Gasteiger partial charge is 0.457 e. The van der Waals surface area contributed by atoms with Gasteiger partial charge in [0.1, 0.15) is 23.1 Å². The van der Waals surface area contributed by atoms with Crippen LogP contribution in [0.15, 0.2) is 54.6 Å². The van der Waals surface area contributed by atoms with Crippen LogP contribution in [0, 0.1) is 5.92 Å². The van der Waals surface area contributed by atoms with Crippen molar-refractivity contribution in [2.75, 3.05) is 11.6 Å². The predicted molar refractivity (Wildman–Crippen MR) is 164 cm³/mol. The smallest absolute Gasteiger partial charge is 0.255 e. The summed E-state index contributed by atoms with van der Waals surface area (Å²) >= 11 is 7.33. The maximum atomic E-state index is 13.4. The van der Waals surface area contributed by atoms with Gasteiger partial charge in [0.05, 0.1) is 16.9 Å². The minimum atomic E-state index is -1.53. The highest BCUT2D eigenvalue weighted by atomic mass is 32.2. The van der Waals surface area contributed by atoms with Crippen LogP contribution in [0.25, 0.3) is 0 Å². The highest BCUT2D eigenvalue weighted by Crippen LogP contribution is 2.29. The molecule has 1 saturated carbocycles. The summed E-state index contributed by atoms with van der Waals surface area (Å²) in [5, 5.41) is 16.8. The first kappa shape index (κ1) is 30.3. The van der Waals surface area contributed by atoms with Crippen molar-refractivity contribution in [2.45, 2.75) is 83.0 Å². The molecule has 40 heavy (non-hydrogen) atoms. The van der Waals surface area contributed by atoms with E-state index in [1.54, 1.807) is 0 Å². The van der Waals surface area contributed by atoms with Crippen LogP contribution in [0.4, 0.5) is 0 Å². The van der Waals surface area contributed by atoms with Crippen molar-refractivity contribution in [1.82, 2.24) is 15.5 Å². The van der Waals surface area contributed by atoms with Crippen LogP contribution in [0.2, 0.25) is 0 Å². The summed E-state index contributed by atoms with van der Waals surface area (Å²) in [4.78, 5) is 28.2. The number of nitrogens with one attached hydrogen (secondary N) is 2. The molecular formula is C31H41N3O4S2. The molecule has 2 amide bonds. The number of hydrogen-bond acceptors (Lipinski definition) is 6. The zero-order chi connectivity index (χ0) is 28.5. The molecule has 7 nitrogen and oxygen atoms in total. The molecule has 2 aliphatic rings. The van der Waals surface area contributed by atoms with E-state index in [2.05, 4.69) is 10.6 Å². The fourth-order valence-electron chi connectivity index (χ4n) is 5.24. The lowest BCUT2D eigenvalue weighted by molar-refractivity contribution is -0.151. The zero-order valence-electron chi connectivity index (χ0n) is 23.4. The summed E-state index contributed by atoms with van der Waals surface area (Å²) in [6.45, 7) is 3.45. The van der Waals surface area contributed by atoms with Gasteiger partial charge in [0, 0.05) is 12.3 Å². The van der Waals surface area contributed by atoms with Crippen LogP contribution in [-0.4, -0.2) is 56.1 Å². The van der Waals surface area contributed by atoms with Gasteiger partial charge >= 0.3 is 0 Å². The first-order valence-electron chi connectivity index (χ1n) is 14.2. The van der Waals surface area contributed by atoms with Gasteiger partial charge in [-0.2, -0.15) is 0 Å². The topological polar surface area (TPSA) is 90.9 Å². The van der Waals surface area contributed by atoms with Crippen LogP contribution >= 0.6 is 24.0 Å². The van der Waals surface area contributed by atoms with Gasteiger partial charge in [0.2, 0.25) is 5.91 Å². The Morgan fingerprint density at radius 1 is 1.07 bits per heavy atom. The van der Waals surface area contributed by atoms with E-state index in [9.17, 15) is 14.7 Å². The fourth-order valence-corrected chi connectivity index (χ4v) is 6.64. The molecule has 1 aliphatic carbocycles. The van der Waals surface area contributed by atoms with Gasteiger partial charge in [-0.1, -0.05) is 74.7 Å². The average molecular weight is 584 g/mol. The minimum Gasteiger partial charge on any atom is -0.457 e. The Hall–Kier alpha value is -2.62. The Kier molecular flexibility index (Phi) is 10.9. The molecule has 0 unspecified atom stereocenters. The second-order valence-corrected chi connectivity index (χ2v) is 12.7. The van der Waals surface area contributed by atoms with Crippen LogP contribution in [0.5, 0.6) is 11.5 Å². The number of carbonyl (C=O) groups is 2. The number of thiocarbonyl (C=S) groups is 1. The molecule has 0 aromatic heterocycles. The molecule has 216 valence electrons. The lowest BCUT2D eigenvalue weighted by Crippen LogP contribution is -2.56. The van der Waals surface area contributed by atoms with E-state index in [0.29, 0.717) is 29.1 Å². The van der Waals surface area contributed by atoms with Gasteiger partial charge in [0.25, 0.3) is 5.91 Å². The third-order valence-corrected chi connectivity index (χ3v) is 9.00. The maximum absolute atomic E-state index is 13.4. The Bertz CT molecular complexity index is 1130. The highest BCUT2D eigenvalue weighted by molar-refractivity contribution is 7.99. The number of carbonyl (C=O) groups excluding carboxylic acids is 2. The summed E-state index contributed by atoms with van der Waals surface area (Å²) in [6.07, 6.45) is 8.05. The van der Waals surface area contributed by atoms with Gasteiger partial charge in [0.15, 0.2) is 0 Å². The molecule has 1 heterocycles. The number of hydrogen-bond donors (Lipinski definition) is 3. The van der Waals surface area contributed by atoms with Crippen molar-refractivity contribution in [1.29, 1.82) is 0 Å². The van der Waals surface area contributed by atoms with E-state index in [1.165, 1.54) is 62.6 Å².